The van der Waals surface area contributed by atoms with Gasteiger partial charge in [-0.1, -0.05) is 33.1 Å². The number of hydrogen-bond donors (Lipinski definition) is 1. The molecular formula is C26H31N3O. The molecule has 0 aliphatic heterocycles. The average Bonchev–Trinajstić information content (AvgIpc) is 3.27. The minimum absolute atomic E-state index is 0.0102. The summed E-state index contributed by atoms with van der Waals surface area (Å²) in [5.41, 5.74) is 7.54. The third-order valence-corrected chi connectivity index (χ3v) is 7.23. The van der Waals surface area contributed by atoms with Crippen LogP contribution in [0, 0.1) is 16.7 Å². The van der Waals surface area contributed by atoms with E-state index in [4.69, 9.17) is 0 Å². The van der Waals surface area contributed by atoms with Gasteiger partial charge in [-0.2, -0.15) is 5.26 Å². The fourth-order valence-electron chi connectivity index (χ4n) is 5.89. The van der Waals surface area contributed by atoms with E-state index in [1.165, 1.54) is 49.1 Å². The van der Waals surface area contributed by atoms with Crippen LogP contribution in [0.15, 0.2) is 18.2 Å². The fourth-order valence-corrected chi connectivity index (χ4v) is 5.89. The van der Waals surface area contributed by atoms with Crippen LogP contribution in [-0.4, -0.2) is 16.4 Å². The molecule has 0 radical (unpaired) electrons. The average molecular weight is 402 g/mol. The lowest BCUT2D eigenvalue weighted by atomic mass is 9.75. The van der Waals surface area contributed by atoms with Gasteiger partial charge in [0.05, 0.1) is 11.3 Å². The van der Waals surface area contributed by atoms with Crippen molar-refractivity contribution in [2.24, 2.45) is 5.41 Å². The van der Waals surface area contributed by atoms with Gasteiger partial charge < -0.3 is 9.88 Å². The zero-order valence-electron chi connectivity index (χ0n) is 18.2. The SMILES string of the molecule is CC1(C)CC(=O)c2c3c(n(-c4ccc(C#N)c(NC5CCCCC5)c4)c2C1)CCC3. The Morgan fingerprint density at radius 1 is 1.07 bits per heavy atom. The quantitative estimate of drug-likeness (QED) is 0.714. The summed E-state index contributed by atoms with van der Waals surface area (Å²) in [4.78, 5) is 13.1. The van der Waals surface area contributed by atoms with Crippen molar-refractivity contribution in [2.75, 3.05) is 5.32 Å². The number of ketones is 1. The Hall–Kier alpha value is -2.54. The predicted molar refractivity (Wildman–Crippen MR) is 119 cm³/mol. The molecule has 1 heterocycles. The number of nitriles is 1. The smallest absolute Gasteiger partial charge is 0.165 e. The number of anilines is 1. The molecule has 1 aromatic heterocycles. The van der Waals surface area contributed by atoms with Crippen LogP contribution in [-0.2, 0) is 19.3 Å². The zero-order valence-corrected chi connectivity index (χ0v) is 18.2. The zero-order chi connectivity index (χ0) is 20.9. The Kier molecular flexibility index (Phi) is 4.73. The normalized spacial score (nSPS) is 20.5. The second kappa shape index (κ2) is 7.30. The lowest BCUT2D eigenvalue weighted by Crippen LogP contribution is -2.28. The van der Waals surface area contributed by atoms with Gasteiger partial charge in [-0.3, -0.25) is 4.79 Å². The summed E-state index contributed by atoms with van der Waals surface area (Å²) in [7, 11) is 0. The molecule has 0 spiro atoms. The van der Waals surface area contributed by atoms with Gasteiger partial charge in [-0.15, -0.1) is 0 Å². The minimum Gasteiger partial charge on any atom is -0.381 e. The number of hydrogen-bond acceptors (Lipinski definition) is 3. The van der Waals surface area contributed by atoms with Gasteiger partial charge in [0, 0.05) is 35.1 Å². The van der Waals surface area contributed by atoms with E-state index >= 15 is 0 Å². The molecule has 0 bridgehead atoms. The molecule has 30 heavy (non-hydrogen) atoms. The number of Topliss-reactive ketones (excluding diaryl/α,β-unsaturated/α-hetero) is 1. The van der Waals surface area contributed by atoms with Crippen molar-refractivity contribution in [3.8, 4) is 11.8 Å². The number of carbonyl (C=O) groups is 1. The summed E-state index contributed by atoms with van der Waals surface area (Å²) in [6, 6.07) is 8.98. The van der Waals surface area contributed by atoms with Crippen molar-refractivity contribution in [3.63, 3.8) is 0 Å². The monoisotopic (exact) mass is 401 g/mol. The number of nitrogens with zero attached hydrogens (tertiary/aromatic N) is 2. The highest BCUT2D eigenvalue weighted by molar-refractivity contribution is 6.01. The number of carbonyl (C=O) groups excluding carboxylic acids is 1. The number of nitrogens with one attached hydrogen (secondary N) is 1. The molecule has 3 aliphatic carbocycles. The van der Waals surface area contributed by atoms with Crippen LogP contribution in [0.4, 0.5) is 5.69 Å². The third kappa shape index (κ3) is 3.25. The number of rotatable bonds is 3. The molecule has 1 saturated carbocycles. The van der Waals surface area contributed by atoms with Crippen molar-refractivity contribution in [1.82, 2.24) is 4.57 Å². The van der Waals surface area contributed by atoms with Crippen LogP contribution < -0.4 is 5.32 Å². The van der Waals surface area contributed by atoms with Crippen LogP contribution in [0.3, 0.4) is 0 Å². The van der Waals surface area contributed by atoms with E-state index in [0.29, 0.717) is 23.8 Å². The Balaban J connectivity index is 1.61. The molecule has 1 N–H and O–H groups in total. The summed E-state index contributed by atoms with van der Waals surface area (Å²) in [6.07, 6.45) is 10.9. The highest BCUT2D eigenvalue weighted by atomic mass is 16.1. The summed E-state index contributed by atoms with van der Waals surface area (Å²) in [5, 5.41) is 13.4. The molecule has 4 heteroatoms. The fraction of sp³-hybridized carbons (Fsp3) is 0.538. The molecule has 0 unspecified atom stereocenters. The van der Waals surface area contributed by atoms with Crippen molar-refractivity contribution >= 4 is 11.5 Å². The van der Waals surface area contributed by atoms with Gasteiger partial charge in [-0.25, -0.2) is 0 Å². The maximum atomic E-state index is 13.1. The largest absolute Gasteiger partial charge is 0.381 e. The molecule has 0 atom stereocenters. The molecule has 0 amide bonds. The molecule has 4 nitrogen and oxygen atoms in total. The Morgan fingerprint density at radius 3 is 2.63 bits per heavy atom. The Morgan fingerprint density at radius 2 is 1.87 bits per heavy atom. The first-order valence-corrected chi connectivity index (χ1v) is 11.6. The molecule has 1 fully saturated rings. The lowest BCUT2D eigenvalue weighted by Gasteiger charge is -2.30. The van der Waals surface area contributed by atoms with E-state index in [1.54, 1.807) is 0 Å². The maximum absolute atomic E-state index is 13.1. The van der Waals surface area contributed by atoms with Crippen LogP contribution in [0.5, 0.6) is 0 Å². The third-order valence-electron chi connectivity index (χ3n) is 7.23. The van der Waals surface area contributed by atoms with Crippen molar-refractivity contribution < 1.29 is 4.79 Å². The molecule has 2 aromatic rings. The minimum atomic E-state index is -0.0102. The van der Waals surface area contributed by atoms with Gasteiger partial charge in [0.25, 0.3) is 0 Å². The second-order valence-electron chi connectivity index (χ2n) is 10.2. The molecular weight excluding hydrogens is 370 g/mol. The topological polar surface area (TPSA) is 57.8 Å². The van der Waals surface area contributed by atoms with E-state index in [0.717, 1.165) is 42.6 Å². The van der Waals surface area contributed by atoms with E-state index in [1.807, 2.05) is 6.07 Å². The van der Waals surface area contributed by atoms with E-state index < -0.39 is 0 Å². The number of fused-ring (bicyclic) bond motifs is 3. The van der Waals surface area contributed by atoms with Crippen LogP contribution in [0.25, 0.3) is 5.69 Å². The number of aromatic nitrogens is 1. The molecule has 3 aliphatic rings. The van der Waals surface area contributed by atoms with Gasteiger partial charge in [0.1, 0.15) is 6.07 Å². The van der Waals surface area contributed by atoms with Crippen molar-refractivity contribution in [3.05, 3.63) is 46.3 Å². The van der Waals surface area contributed by atoms with E-state index in [2.05, 4.69) is 41.9 Å². The predicted octanol–water partition coefficient (Wildman–Crippen LogP) is 5.74. The van der Waals surface area contributed by atoms with Crippen LogP contribution in [0.1, 0.15) is 91.7 Å². The molecule has 0 saturated heterocycles. The van der Waals surface area contributed by atoms with Gasteiger partial charge in [-0.05, 0) is 67.7 Å². The van der Waals surface area contributed by atoms with E-state index in [9.17, 15) is 10.1 Å². The molecule has 5 rings (SSSR count). The molecule has 1 aromatic carbocycles. The van der Waals surface area contributed by atoms with Gasteiger partial charge in [0.2, 0.25) is 0 Å². The first kappa shape index (κ1) is 19.4. The second-order valence-corrected chi connectivity index (χ2v) is 10.2. The lowest BCUT2D eigenvalue weighted by molar-refractivity contribution is 0.0910. The first-order valence-electron chi connectivity index (χ1n) is 11.6. The molecule has 156 valence electrons. The van der Waals surface area contributed by atoms with Crippen molar-refractivity contribution in [1.29, 1.82) is 5.26 Å². The Bertz CT molecular complexity index is 1050. The van der Waals surface area contributed by atoms with Crippen LogP contribution >= 0.6 is 0 Å². The first-order chi connectivity index (χ1) is 14.5. The highest BCUT2D eigenvalue weighted by Crippen LogP contribution is 2.43. The summed E-state index contributed by atoms with van der Waals surface area (Å²) < 4.78 is 2.36. The summed E-state index contributed by atoms with van der Waals surface area (Å²) in [6.45, 7) is 4.40. The highest BCUT2D eigenvalue weighted by Gasteiger charge is 2.38. The standard InChI is InChI=1S/C26H31N3O/c1-26(2)14-23-25(24(30)15-26)20-9-6-10-22(20)29(23)19-12-11-17(16-27)21(13-19)28-18-7-4-3-5-8-18/h11-13,18,28H,3-10,14-15H2,1-2H3. The van der Waals surface area contributed by atoms with Crippen molar-refractivity contribution in [2.45, 2.75) is 84.1 Å². The summed E-state index contributed by atoms with van der Waals surface area (Å²) in [5.74, 6) is 0.312. The van der Waals surface area contributed by atoms with Crippen LogP contribution in [0.2, 0.25) is 0 Å². The van der Waals surface area contributed by atoms with Gasteiger partial charge in [0.15, 0.2) is 5.78 Å². The van der Waals surface area contributed by atoms with E-state index in [-0.39, 0.29) is 5.41 Å². The Labute approximate surface area is 179 Å². The maximum Gasteiger partial charge on any atom is 0.165 e. The number of benzene rings is 1. The van der Waals surface area contributed by atoms with Gasteiger partial charge >= 0.3 is 0 Å². The summed E-state index contributed by atoms with van der Waals surface area (Å²) >= 11 is 0.